The number of carboxylic acid groups (broad SMARTS) is 1. The number of hydrogen-bond donors (Lipinski definition) is 3. The molecule has 2 rings (SSSR count). The SMILES string of the molecule is CC(C)C(C)(NC(=O)c1nc2ccc(OC(F)F)cc2cc1C(=O)O)C(N)=O. The zero-order chi connectivity index (χ0) is 21.2. The van der Waals surface area contributed by atoms with E-state index in [1.54, 1.807) is 13.8 Å². The maximum absolute atomic E-state index is 12.7. The lowest BCUT2D eigenvalue weighted by atomic mass is 9.87. The lowest BCUT2D eigenvalue weighted by molar-refractivity contribution is -0.125. The molecule has 0 spiro atoms. The fourth-order valence-electron chi connectivity index (χ4n) is 2.45. The predicted octanol–water partition coefficient (Wildman–Crippen LogP) is 2.16. The molecule has 1 heterocycles. The highest BCUT2D eigenvalue weighted by molar-refractivity contribution is 6.07. The number of halogens is 2. The summed E-state index contributed by atoms with van der Waals surface area (Å²) in [4.78, 5) is 40.1. The van der Waals surface area contributed by atoms with Crippen molar-refractivity contribution in [2.45, 2.75) is 32.9 Å². The molecule has 0 radical (unpaired) electrons. The number of amides is 2. The fraction of sp³-hybridized carbons (Fsp3) is 0.333. The second-order valence-electron chi connectivity index (χ2n) is 6.60. The van der Waals surface area contributed by atoms with Crippen LogP contribution in [0.15, 0.2) is 24.3 Å². The van der Waals surface area contributed by atoms with Crippen LogP contribution in [0.1, 0.15) is 41.6 Å². The molecular weight excluding hydrogens is 376 g/mol. The monoisotopic (exact) mass is 395 g/mol. The number of aromatic nitrogens is 1. The van der Waals surface area contributed by atoms with Crippen LogP contribution in [-0.4, -0.2) is 40.0 Å². The number of nitrogens with two attached hydrogens (primary N) is 1. The summed E-state index contributed by atoms with van der Waals surface area (Å²) < 4.78 is 29.0. The topological polar surface area (TPSA) is 132 Å². The van der Waals surface area contributed by atoms with E-state index >= 15 is 0 Å². The molecule has 1 aromatic heterocycles. The molecule has 4 N–H and O–H groups in total. The van der Waals surface area contributed by atoms with Crippen molar-refractivity contribution in [1.29, 1.82) is 0 Å². The summed E-state index contributed by atoms with van der Waals surface area (Å²) in [5, 5.41) is 12.1. The number of hydrogen-bond acceptors (Lipinski definition) is 5. The van der Waals surface area contributed by atoms with Crippen molar-refractivity contribution >= 4 is 28.7 Å². The van der Waals surface area contributed by atoms with Gasteiger partial charge in [0.05, 0.1) is 11.1 Å². The number of carbonyl (C=O) groups is 3. The van der Waals surface area contributed by atoms with Gasteiger partial charge in [0.25, 0.3) is 5.91 Å². The van der Waals surface area contributed by atoms with Gasteiger partial charge in [-0.2, -0.15) is 8.78 Å². The van der Waals surface area contributed by atoms with Gasteiger partial charge < -0.3 is 20.9 Å². The van der Waals surface area contributed by atoms with Gasteiger partial charge in [0.1, 0.15) is 17.0 Å². The van der Waals surface area contributed by atoms with E-state index in [4.69, 9.17) is 5.73 Å². The molecule has 0 saturated heterocycles. The zero-order valence-corrected chi connectivity index (χ0v) is 15.3. The van der Waals surface area contributed by atoms with Gasteiger partial charge in [-0.1, -0.05) is 13.8 Å². The second kappa shape index (κ2) is 7.75. The van der Waals surface area contributed by atoms with Crippen LogP contribution in [0.3, 0.4) is 0 Å². The molecular formula is C18H19F2N3O5. The van der Waals surface area contributed by atoms with Crippen LogP contribution in [-0.2, 0) is 4.79 Å². The molecule has 2 amide bonds. The molecule has 8 nitrogen and oxygen atoms in total. The van der Waals surface area contributed by atoms with Gasteiger partial charge in [-0.05, 0) is 37.1 Å². The van der Waals surface area contributed by atoms with E-state index in [2.05, 4.69) is 15.0 Å². The maximum atomic E-state index is 12.7. The van der Waals surface area contributed by atoms with Crippen LogP contribution in [0, 0.1) is 5.92 Å². The van der Waals surface area contributed by atoms with Crippen molar-refractivity contribution in [2.75, 3.05) is 0 Å². The molecule has 0 saturated carbocycles. The number of nitrogens with one attached hydrogen (secondary N) is 1. The Morgan fingerprint density at radius 2 is 1.89 bits per heavy atom. The van der Waals surface area contributed by atoms with Crippen molar-refractivity contribution < 1.29 is 33.0 Å². The number of carbonyl (C=O) groups excluding carboxylic acids is 2. The van der Waals surface area contributed by atoms with E-state index in [0.29, 0.717) is 0 Å². The van der Waals surface area contributed by atoms with Gasteiger partial charge >= 0.3 is 12.6 Å². The molecule has 0 aliphatic rings. The van der Waals surface area contributed by atoms with E-state index in [9.17, 15) is 28.3 Å². The summed E-state index contributed by atoms with van der Waals surface area (Å²) in [6.45, 7) is 1.72. The number of aromatic carboxylic acids is 1. The largest absolute Gasteiger partial charge is 0.478 e. The third-order valence-electron chi connectivity index (χ3n) is 4.50. The minimum atomic E-state index is -3.04. The molecule has 10 heteroatoms. The highest BCUT2D eigenvalue weighted by Crippen LogP contribution is 2.24. The normalized spacial score (nSPS) is 13.4. The summed E-state index contributed by atoms with van der Waals surface area (Å²) >= 11 is 0. The lowest BCUT2D eigenvalue weighted by Crippen LogP contribution is -2.58. The highest BCUT2D eigenvalue weighted by atomic mass is 19.3. The number of primary amides is 1. The van der Waals surface area contributed by atoms with Gasteiger partial charge in [-0.15, -0.1) is 0 Å². The first kappa shape index (κ1) is 21.0. The molecule has 28 heavy (non-hydrogen) atoms. The minimum Gasteiger partial charge on any atom is -0.478 e. The van der Waals surface area contributed by atoms with Crippen molar-refractivity contribution in [1.82, 2.24) is 10.3 Å². The molecule has 0 aliphatic carbocycles. The molecule has 1 atom stereocenters. The quantitative estimate of drug-likeness (QED) is 0.658. The first-order valence-electron chi connectivity index (χ1n) is 8.21. The van der Waals surface area contributed by atoms with Crippen molar-refractivity contribution in [3.05, 3.63) is 35.5 Å². The number of benzene rings is 1. The number of carboxylic acids is 1. The third-order valence-corrected chi connectivity index (χ3v) is 4.50. The van der Waals surface area contributed by atoms with Gasteiger partial charge in [0.15, 0.2) is 0 Å². The van der Waals surface area contributed by atoms with E-state index < -0.39 is 41.2 Å². The molecule has 1 unspecified atom stereocenters. The Bertz CT molecular complexity index is 948. The van der Waals surface area contributed by atoms with Crippen LogP contribution in [0.2, 0.25) is 0 Å². The Kier molecular flexibility index (Phi) is 5.81. The van der Waals surface area contributed by atoms with Crippen molar-refractivity contribution in [2.24, 2.45) is 11.7 Å². The van der Waals surface area contributed by atoms with Gasteiger partial charge in [-0.3, -0.25) is 9.59 Å². The van der Waals surface area contributed by atoms with E-state index in [1.165, 1.54) is 25.1 Å². The number of ether oxygens (including phenoxy) is 1. The van der Waals surface area contributed by atoms with Crippen LogP contribution >= 0.6 is 0 Å². The lowest BCUT2D eigenvalue weighted by Gasteiger charge is -2.31. The number of alkyl halides is 2. The summed E-state index contributed by atoms with van der Waals surface area (Å²) in [6.07, 6.45) is 0. The van der Waals surface area contributed by atoms with E-state index in [1.807, 2.05) is 0 Å². The first-order valence-corrected chi connectivity index (χ1v) is 8.21. The summed E-state index contributed by atoms with van der Waals surface area (Å²) in [5.74, 6) is -3.70. The number of fused-ring (bicyclic) bond motifs is 1. The molecule has 0 fully saturated rings. The van der Waals surface area contributed by atoms with Crippen LogP contribution < -0.4 is 15.8 Å². The zero-order valence-electron chi connectivity index (χ0n) is 15.3. The minimum absolute atomic E-state index is 0.182. The third kappa shape index (κ3) is 4.16. The average molecular weight is 395 g/mol. The fourth-order valence-corrected chi connectivity index (χ4v) is 2.45. The van der Waals surface area contributed by atoms with Crippen LogP contribution in [0.25, 0.3) is 10.9 Å². The Labute approximate surface area is 158 Å². The van der Waals surface area contributed by atoms with Crippen LogP contribution in [0.4, 0.5) is 8.78 Å². The predicted molar refractivity (Wildman–Crippen MR) is 95.2 cm³/mol. The number of rotatable bonds is 7. The Morgan fingerprint density at radius 1 is 1.25 bits per heavy atom. The van der Waals surface area contributed by atoms with Gasteiger partial charge in [-0.25, -0.2) is 9.78 Å². The molecule has 2 aromatic rings. The van der Waals surface area contributed by atoms with E-state index in [-0.39, 0.29) is 22.6 Å². The van der Waals surface area contributed by atoms with Crippen molar-refractivity contribution in [3.8, 4) is 5.75 Å². The molecule has 0 bridgehead atoms. The van der Waals surface area contributed by atoms with Crippen molar-refractivity contribution in [3.63, 3.8) is 0 Å². The number of nitrogens with zero attached hydrogens (tertiary/aromatic N) is 1. The Morgan fingerprint density at radius 3 is 2.39 bits per heavy atom. The summed E-state index contributed by atoms with van der Waals surface area (Å²) in [7, 11) is 0. The summed E-state index contributed by atoms with van der Waals surface area (Å²) in [5.41, 5.74) is 3.23. The molecule has 1 aromatic carbocycles. The van der Waals surface area contributed by atoms with Gasteiger partial charge in [0, 0.05) is 5.39 Å². The first-order chi connectivity index (χ1) is 13.0. The van der Waals surface area contributed by atoms with Gasteiger partial charge in [0.2, 0.25) is 5.91 Å². The number of pyridine rings is 1. The molecule has 0 aliphatic heterocycles. The summed E-state index contributed by atoms with van der Waals surface area (Å²) in [6, 6.07) is 4.83. The highest BCUT2D eigenvalue weighted by Gasteiger charge is 2.37. The Balaban J connectivity index is 2.53. The average Bonchev–Trinajstić information content (AvgIpc) is 2.59. The molecule has 150 valence electrons. The smallest absolute Gasteiger partial charge is 0.387 e. The van der Waals surface area contributed by atoms with E-state index in [0.717, 1.165) is 6.07 Å². The standard InChI is InChI=1S/C18H19F2N3O5/c1-8(2)18(3,16(21)27)23-14(24)13-11(15(25)26)7-9-6-10(28-17(19)20)4-5-12(9)22-13/h4-8,17H,1-3H3,(H2,21,27)(H,23,24)(H,25,26). The second-order valence-corrected chi connectivity index (χ2v) is 6.60. The maximum Gasteiger partial charge on any atom is 0.387 e. The Hall–Kier alpha value is -3.30. The van der Waals surface area contributed by atoms with Crippen LogP contribution in [0.5, 0.6) is 5.75 Å².